The van der Waals surface area contributed by atoms with Gasteiger partial charge in [-0.05, 0) is 43.7 Å². The van der Waals surface area contributed by atoms with E-state index in [1.54, 1.807) is 7.11 Å². The van der Waals surface area contributed by atoms with Gasteiger partial charge in [0.25, 0.3) is 0 Å². The summed E-state index contributed by atoms with van der Waals surface area (Å²) in [4.78, 5) is 0. The first-order chi connectivity index (χ1) is 7.15. The summed E-state index contributed by atoms with van der Waals surface area (Å²) in [5.41, 5.74) is 3.29. The van der Waals surface area contributed by atoms with Crippen LogP contribution in [-0.4, -0.2) is 12.2 Å². The monoisotopic (exact) mass is 206 g/mol. The maximum Gasteiger partial charge on any atom is 0.127 e. The Morgan fingerprint density at radius 3 is 2.53 bits per heavy atom. The molecule has 0 amide bonds. The fourth-order valence-electron chi connectivity index (χ4n) is 1.98. The second kappa shape index (κ2) is 3.86. The van der Waals surface area contributed by atoms with E-state index >= 15 is 0 Å². The molecule has 1 unspecified atom stereocenters. The van der Waals surface area contributed by atoms with Crippen molar-refractivity contribution >= 4 is 0 Å². The molecule has 1 fully saturated rings. The van der Waals surface area contributed by atoms with Gasteiger partial charge in [0.15, 0.2) is 0 Å². The molecule has 1 saturated carbocycles. The minimum absolute atomic E-state index is 0.348. The minimum atomic E-state index is -0.348. The van der Waals surface area contributed by atoms with Gasteiger partial charge in [-0.1, -0.05) is 12.1 Å². The summed E-state index contributed by atoms with van der Waals surface area (Å²) in [7, 11) is 1.67. The Kier molecular flexibility index (Phi) is 2.70. The van der Waals surface area contributed by atoms with Gasteiger partial charge in [-0.25, -0.2) is 0 Å². The van der Waals surface area contributed by atoms with Crippen LogP contribution >= 0.6 is 0 Å². The van der Waals surface area contributed by atoms with Crippen LogP contribution in [0, 0.1) is 19.8 Å². The molecule has 1 atom stereocenters. The summed E-state index contributed by atoms with van der Waals surface area (Å²) in [6, 6.07) is 4.04. The topological polar surface area (TPSA) is 29.5 Å². The van der Waals surface area contributed by atoms with Crippen molar-refractivity contribution in [2.45, 2.75) is 32.8 Å². The van der Waals surface area contributed by atoms with Crippen LogP contribution < -0.4 is 4.74 Å². The predicted octanol–water partition coefficient (Wildman–Crippen LogP) is 2.76. The van der Waals surface area contributed by atoms with Crippen molar-refractivity contribution in [3.63, 3.8) is 0 Å². The van der Waals surface area contributed by atoms with Gasteiger partial charge in [0.1, 0.15) is 5.75 Å². The van der Waals surface area contributed by atoms with E-state index in [-0.39, 0.29) is 6.10 Å². The fraction of sp³-hybridized carbons (Fsp3) is 0.538. The number of ether oxygens (including phenoxy) is 1. The van der Waals surface area contributed by atoms with Gasteiger partial charge in [0.2, 0.25) is 0 Å². The third-order valence-electron chi connectivity index (χ3n) is 3.30. The molecule has 15 heavy (non-hydrogen) atoms. The molecule has 0 aliphatic heterocycles. The Hall–Kier alpha value is -1.02. The van der Waals surface area contributed by atoms with E-state index in [1.165, 1.54) is 5.56 Å². The quantitative estimate of drug-likeness (QED) is 0.824. The first-order valence-corrected chi connectivity index (χ1v) is 5.47. The minimum Gasteiger partial charge on any atom is -0.496 e. The predicted molar refractivity (Wildman–Crippen MR) is 60.2 cm³/mol. The number of aliphatic hydroxyl groups is 1. The molecule has 1 aromatic carbocycles. The Bertz CT molecular complexity index is 367. The number of rotatable bonds is 3. The van der Waals surface area contributed by atoms with Crippen molar-refractivity contribution < 1.29 is 9.84 Å². The van der Waals surface area contributed by atoms with E-state index in [0.717, 1.165) is 29.7 Å². The molecule has 2 nitrogen and oxygen atoms in total. The van der Waals surface area contributed by atoms with Crippen molar-refractivity contribution in [3.8, 4) is 5.75 Å². The van der Waals surface area contributed by atoms with Gasteiger partial charge in [-0.3, -0.25) is 0 Å². The Morgan fingerprint density at radius 2 is 2.00 bits per heavy atom. The van der Waals surface area contributed by atoms with Crippen LogP contribution in [0.15, 0.2) is 12.1 Å². The van der Waals surface area contributed by atoms with E-state index < -0.39 is 0 Å². The summed E-state index contributed by atoms with van der Waals surface area (Å²) in [5.74, 6) is 1.30. The van der Waals surface area contributed by atoms with Crippen LogP contribution in [0.25, 0.3) is 0 Å². The summed E-state index contributed by atoms with van der Waals surface area (Å²) in [5, 5.41) is 10.1. The smallest absolute Gasteiger partial charge is 0.127 e. The lowest BCUT2D eigenvalue weighted by molar-refractivity contribution is 0.150. The zero-order chi connectivity index (χ0) is 11.0. The normalized spacial score (nSPS) is 17.6. The fourth-order valence-corrected chi connectivity index (χ4v) is 1.98. The molecule has 2 rings (SSSR count). The molecule has 0 heterocycles. The highest BCUT2D eigenvalue weighted by Crippen LogP contribution is 2.44. The standard InChI is InChI=1S/C13H18O2/c1-8-4-7-11(12(14)10-5-6-10)13(15-3)9(8)2/h4,7,10,12,14H,5-6H2,1-3H3. The van der Waals surface area contributed by atoms with E-state index in [9.17, 15) is 5.11 Å². The van der Waals surface area contributed by atoms with Gasteiger partial charge in [-0.2, -0.15) is 0 Å². The Morgan fingerprint density at radius 1 is 1.33 bits per heavy atom. The van der Waals surface area contributed by atoms with Crippen LogP contribution in [0.5, 0.6) is 5.75 Å². The maximum atomic E-state index is 10.1. The maximum absolute atomic E-state index is 10.1. The van der Waals surface area contributed by atoms with Crippen LogP contribution in [-0.2, 0) is 0 Å². The average Bonchev–Trinajstić information content (AvgIpc) is 3.04. The molecule has 1 aliphatic rings. The van der Waals surface area contributed by atoms with Gasteiger partial charge in [-0.15, -0.1) is 0 Å². The number of aliphatic hydroxyl groups excluding tert-OH is 1. The number of hydrogen-bond acceptors (Lipinski definition) is 2. The van der Waals surface area contributed by atoms with Gasteiger partial charge in [0, 0.05) is 5.56 Å². The highest BCUT2D eigenvalue weighted by Gasteiger charge is 2.32. The molecule has 1 aliphatic carbocycles. The highest BCUT2D eigenvalue weighted by atomic mass is 16.5. The number of aryl methyl sites for hydroxylation is 1. The zero-order valence-corrected chi connectivity index (χ0v) is 9.58. The molecule has 1 aromatic rings. The Labute approximate surface area is 90.9 Å². The average molecular weight is 206 g/mol. The summed E-state index contributed by atoms with van der Waals surface area (Å²) >= 11 is 0. The third-order valence-corrected chi connectivity index (χ3v) is 3.30. The molecule has 0 saturated heterocycles. The lowest BCUT2D eigenvalue weighted by atomic mass is 9.98. The lowest BCUT2D eigenvalue weighted by Gasteiger charge is -2.17. The van der Waals surface area contributed by atoms with Gasteiger partial charge >= 0.3 is 0 Å². The zero-order valence-electron chi connectivity index (χ0n) is 9.58. The van der Waals surface area contributed by atoms with Crippen LogP contribution in [0.3, 0.4) is 0 Å². The van der Waals surface area contributed by atoms with E-state index in [0.29, 0.717) is 5.92 Å². The molecule has 82 valence electrons. The molecule has 1 N–H and O–H groups in total. The largest absolute Gasteiger partial charge is 0.496 e. The molecular weight excluding hydrogens is 188 g/mol. The Balaban J connectivity index is 2.41. The summed E-state index contributed by atoms with van der Waals surface area (Å²) in [6.07, 6.45) is 1.92. The molecule has 0 bridgehead atoms. The van der Waals surface area contributed by atoms with Crippen LogP contribution in [0.2, 0.25) is 0 Å². The summed E-state index contributed by atoms with van der Waals surface area (Å²) in [6.45, 7) is 4.10. The van der Waals surface area contributed by atoms with Crippen molar-refractivity contribution in [1.82, 2.24) is 0 Å². The van der Waals surface area contributed by atoms with Crippen LogP contribution in [0.1, 0.15) is 35.6 Å². The molecular formula is C13H18O2. The number of benzene rings is 1. The van der Waals surface area contributed by atoms with Crippen molar-refractivity contribution in [1.29, 1.82) is 0 Å². The van der Waals surface area contributed by atoms with E-state index in [4.69, 9.17) is 4.74 Å². The molecule has 0 aromatic heterocycles. The first-order valence-electron chi connectivity index (χ1n) is 5.47. The third kappa shape index (κ3) is 1.86. The van der Waals surface area contributed by atoms with Crippen molar-refractivity contribution in [2.75, 3.05) is 7.11 Å². The van der Waals surface area contributed by atoms with Gasteiger partial charge in [0.05, 0.1) is 13.2 Å². The lowest BCUT2D eigenvalue weighted by Crippen LogP contribution is -2.04. The van der Waals surface area contributed by atoms with Crippen LogP contribution in [0.4, 0.5) is 0 Å². The first kappa shape index (κ1) is 10.5. The SMILES string of the molecule is COc1c(C(O)C2CC2)ccc(C)c1C. The van der Waals surface area contributed by atoms with Crippen molar-refractivity contribution in [3.05, 3.63) is 28.8 Å². The van der Waals surface area contributed by atoms with Gasteiger partial charge < -0.3 is 9.84 Å². The summed E-state index contributed by atoms with van der Waals surface area (Å²) < 4.78 is 5.40. The highest BCUT2D eigenvalue weighted by molar-refractivity contribution is 5.46. The molecule has 2 heteroatoms. The molecule has 0 spiro atoms. The second-order valence-corrected chi connectivity index (χ2v) is 4.41. The number of hydrogen-bond donors (Lipinski definition) is 1. The molecule has 0 radical (unpaired) electrons. The van der Waals surface area contributed by atoms with E-state index in [2.05, 4.69) is 13.0 Å². The van der Waals surface area contributed by atoms with Crippen molar-refractivity contribution in [2.24, 2.45) is 5.92 Å². The second-order valence-electron chi connectivity index (χ2n) is 4.41. The van der Waals surface area contributed by atoms with E-state index in [1.807, 2.05) is 13.0 Å². The number of methoxy groups -OCH3 is 1.